The summed E-state index contributed by atoms with van der Waals surface area (Å²) in [5.41, 5.74) is 0.134. The van der Waals surface area contributed by atoms with Crippen LogP contribution >= 0.6 is 11.3 Å². The number of aromatic amines is 2. The summed E-state index contributed by atoms with van der Waals surface area (Å²) in [5, 5.41) is 25.0. The number of rotatable bonds is 7. The third-order valence-corrected chi connectivity index (χ3v) is 4.95. The Morgan fingerprint density at radius 1 is 1.21 bits per heavy atom. The molecule has 0 aliphatic carbocycles. The fourth-order valence-electron chi connectivity index (χ4n) is 2.69. The number of nitrogens with zero attached hydrogens (tertiary/aromatic N) is 4. The van der Waals surface area contributed by atoms with Crippen LogP contribution in [0.3, 0.4) is 0 Å². The van der Waals surface area contributed by atoms with Crippen LogP contribution in [-0.2, 0) is 11.2 Å². The highest BCUT2D eigenvalue weighted by Crippen LogP contribution is 2.37. The summed E-state index contributed by atoms with van der Waals surface area (Å²) in [6.45, 7) is -0.0598. The fraction of sp³-hybridized carbons (Fsp3) is 0.118. The molecule has 1 aliphatic heterocycles. The number of hydrazone groups is 1. The van der Waals surface area contributed by atoms with E-state index in [2.05, 4.69) is 31.0 Å². The number of aromatic nitrogens is 4. The molecule has 34 heavy (non-hydrogen) atoms. The summed E-state index contributed by atoms with van der Waals surface area (Å²) in [6.07, 6.45) is 0.835. The molecule has 4 N–H and O–H groups in total. The second kappa shape index (κ2) is 9.28. The Kier molecular flexibility index (Phi) is 6.08. The average molecular weight is 488 g/mol. The van der Waals surface area contributed by atoms with Crippen LogP contribution in [0.2, 0.25) is 0 Å². The topological polar surface area (TPSA) is 224 Å². The molecule has 0 fully saturated rings. The molecule has 0 bridgehead atoms. The van der Waals surface area contributed by atoms with Crippen LogP contribution in [0.5, 0.6) is 11.5 Å². The van der Waals surface area contributed by atoms with Gasteiger partial charge >= 0.3 is 5.69 Å². The van der Waals surface area contributed by atoms with Gasteiger partial charge in [-0.3, -0.25) is 34.8 Å². The van der Waals surface area contributed by atoms with Crippen molar-refractivity contribution in [2.24, 2.45) is 5.10 Å². The minimum absolute atomic E-state index is 0.0217. The van der Waals surface area contributed by atoms with Crippen molar-refractivity contribution in [2.45, 2.75) is 6.42 Å². The highest BCUT2D eigenvalue weighted by Gasteiger charge is 2.22. The van der Waals surface area contributed by atoms with E-state index in [4.69, 9.17) is 9.47 Å². The molecule has 0 saturated heterocycles. The molecule has 17 heteroatoms. The molecule has 3 heterocycles. The van der Waals surface area contributed by atoms with Gasteiger partial charge in [0.15, 0.2) is 11.5 Å². The maximum atomic E-state index is 12.1. The van der Waals surface area contributed by atoms with Crippen LogP contribution < -0.4 is 31.5 Å². The largest absolute Gasteiger partial charge is 0.454 e. The van der Waals surface area contributed by atoms with E-state index in [1.165, 1.54) is 12.1 Å². The Morgan fingerprint density at radius 3 is 2.71 bits per heavy atom. The first kappa shape index (κ1) is 22.3. The van der Waals surface area contributed by atoms with E-state index in [1.54, 1.807) is 0 Å². The van der Waals surface area contributed by atoms with E-state index in [9.17, 15) is 29.3 Å². The monoisotopic (exact) mass is 488 g/mol. The Labute approximate surface area is 190 Å². The third-order valence-electron chi connectivity index (χ3n) is 4.12. The van der Waals surface area contributed by atoms with Crippen LogP contribution in [0.25, 0.3) is 0 Å². The molecule has 0 unspecified atom stereocenters. The van der Waals surface area contributed by atoms with E-state index < -0.39 is 28.0 Å². The number of nitrogens with one attached hydrogen (secondary N) is 4. The molecule has 0 radical (unpaired) electrons. The Bertz CT molecular complexity index is 1410. The van der Waals surface area contributed by atoms with E-state index >= 15 is 0 Å². The van der Waals surface area contributed by atoms with Gasteiger partial charge in [-0.1, -0.05) is 11.3 Å². The summed E-state index contributed by atoms with van der Waals surface area (Å²) in [7, 11) is 0. The zero-order chi connectivity index (χ0) is 24.2. The number of fused-ring (bicyclic) bond motifs is 1. The molecular formula is C17H12N8O8S. The number of hydrogen-bond donors (Lipinski definition) is 4. The summed E-state index contributed by atoms with van der Waals surface area (Å²) < 4.78 is 10.3. The van der Waals surface area contributed by atoms with Gasteiger partial charge in [0.1, 0.15) is 10.7 Å². The van der Waals surface area contributed by atoms with E-state index in [0.717, 1.165) is 23.6 Å². The van der Waals surface area contributed by atoms with Crippen LogP contribution in [-0.4, -0.2) is 49.9 Å². The van der Waals surface area contributed by atoms with Crippen molar-refractivity contribution < 1.29 is 24.0 Å². The van der Waals surface area contributed by atoms with Gasteiger partial charge in [-0.15, -0.1) is 10.2 Å². The second-order valence-corrected chi connectivity index (χ2v) is 7.51. The number of H-pyrrole nitrogens is 2. The lowest BCUT2D eigenvalue weighted by atomic mass is 10.1. The molecule has 16 nitrogen and oxygen atoms in total. The highest BCUT2D eigenvalue weighted by molar-refractivity contribution is 7.15. The average Bonchev–Trinajstić information content (AvgIpc) is 3.41. The number of nitro benzene ring substituents is 1. The molecule has 2 amide bonds. The molecule has 2 aromatic heterocycles. The van der Waals surface area contributed by atoms with Crippen molar-refractivity contribution in [1.82, 2.24) is 25.6 Å². The lowest BCUT2D eigenvalue weighted by molar-refractivity contribution is -0.385. The molecule has 1 aromatic carbocycles. The standard InChI is InChI=1S/C17H12N8O8S/c26-12-2-8(19-16(29)20-12)15(28)21-17-24-23-14(34-17)4-13(27)22-18-5-7-1-10-11(33-6-32-10)3-9(7)25(30)31/h1-3,5H,4,6H2,(H,22,27)(H,21,24,28)(H2,19,20,26,29)/b18-5-. The number of carbonyl (C=O) groups excluding carboxylic acids is 2. The Morgan fingerprint density at radius 2 is 1.97 bits per heavy atom. The van der Waals surface area contributed by atoms with Gasteiger partial charge in [-0.2, -0.15) is 5.10 Å². The number of carbonyl (C=O) groups is 2. The van der Waals surface area contributed by atoms with Crippen molar-refractivity contribution in [3.05, 3.63) is 65.4 Å². The summed E-state index contributed by atoms with van der Waals surface area (Å²) in [6, 6.07) is 3.46. The lowest BCUT2D eigenvalue weighted by Crippen LogP contribution is -2.27. The minimum Gasteiger partial charge on any atom is -0.454 e. The van der Waals surface area contributed by atoms with Crippen molar-refractivity contribution in [2.75, 3.05) is 12.1 Å². The first-order chi connectivity index (χ1) is 16.3. The fourth-order valence-corrected chi connectivity index (χ4v) is 3.42. The van der Waals surface area contributed by atoms with Crippen LogP contribution in [0.4, 0.5) is 10.8 Å². The van der Waals surface area contributed by atoms with Gasteiger partial charge in [0.25, 0.3) is 17.2 Å². The smallest absolute Gasteiger partial charge is 0.326 e. The Hall–Kier alpha value is -4.93. The molecular weight excluding hydrogens is 476 g/mol. The summed E-state index contributed by atoms with van der Waals surface area (Å²) >= 11 is 0.878. The first-order valence-electron chi connectivity index (χ1n) is 9.16. The zero-order valence-electron chi connectivity index (χ0n) is 16.7. The van der Waals surface area contributed by atoms with Crippen LogP contribution in [0, 0.1) is 10.1 Å². The van der Waals surface area contributed by atoms with Gasteiger partial charge in [-0.25, -0.2) is 10.2 Å². The predicted molar refractivity (Wildman–Crippen MR) is 114 cm³/mol. The van der Waals surface area contributed by atoms with Crippen LogP contribution in [0.15, 0.2) is 32.9 Å². The van der Waals surface area contributed by atoms with Gasteiger partial charge in [0.2, 0.25) is 17.8 Å². The number of amides is 2. The molecule has 174 valence electrons. The minimum atomic E-state index is -0.848. The lowest BCUT2D eigenvalue weighted by Gasteiger charge is -2.01. The summed E-state index contributed by atoms with van der Waals surface area (Å²) in [5.74, 6) is -0.860. The highest BCUT2D eigenvalue weighted by atomic mass is 32.1. The third kappa shape index (κ3) is 5.10. The second-order valence-electron chi connectivity index (χ2n) is 6.45. The van der Waals surface area contributed by atoms with Gasteiger partial charge < -0.3 is 14.5 Å². The SMILES string of the molecule is O=C(Cc1nnc(NC(=O)c2cc(=O)[nH]c(=O)[nH]2)s1)N/N=C\c1cc2c(cc1[N+](=O)[O-])OCO2. The molecule has 3 aromatic rings. The van der Waals surface area contributed by atoms with Gasteiger partial charge in [-0.05, 0) is 6.07 Å². The first-order valence-corrected chi connectivity index (χ1v) is 9.97. The van der Waals surface area contributed by atoms with E-state index in [-0.39, 0.29) is 46.0 Å². The number of nitro groups is 1. The van der Waals surface area contributed by atoms with Crippen molar-refractivity contribution in [3.63, 3.8) is 0 Å². The molecule has 4 rings (SSSR count). The zero-order valence-corrected chi connectivity index (χ0v) is 17.5. The number of hydrogen-bond acceptors (Lipinski definition) is 12. The predicted octanol–water partition coefficient (Wildman–Crippen LogP) is -0.503. The van der Waals surface area contributed by atoms with Crippen LogP contribution in [0.1, 0.15) is 21.1 Å². The number of ether oxygens (including phenoxy) is 2. The van der Waals surface area contributed by atoms with E-state index in [1.807, 2.05) is 4.98 Å². The van der Waals surface area contributed by atoms with Crippen molar-refractivity contribution in [3.8, 4) is 11.5 Å². The Balaban J connectivity index is 1.36. The molecule has 0 spiro atoms. The van der Waals surface area contributed by atoms with Gasteiger partial charge in [0, 0.05) is 6.07 Å². The molecule has 0 atom stereocenters. The normalized spacial score (nSPS) is 12.0. The maximum Gasteiger partial charge on any atom is 0.326 e. The number of anilines is 1. The summed E-state index contributed by atoms with van der Waals surface area (Å²) in [4.78, 5) is 61.5. The number of benzene rings is 1. The van der Waals surface area contributed by atoms with Crippen molar-refractivity contribution in [1.29, 1.82) is 0 Å². The maximum absolute atomic E-state index is 12.1. The van der Waals surface area contributed by atoms with E-state index in [0.29, 0.717) is 5.75 Å². The molecule has 0 saturated carbocycles. The quantitative estimate of drug-likeness (QED) is 0.189. The van der Waals surface area contributed by atoms with Gasteiger partial charge in [0.05, 0.1) is 29.2 Å². The van der Waals surface area contributed by atoms with Crippen molar-refractivity contribution >= 4 is 40.2 Å². The molecule has 1 aliphatic rings.